The number of carbonyl (C=O) groups is 1. The summed E-state index contributed by atoms with van der Waals surface area (Å²) < 4.78 is 80.5. The molecule has 1 heterocycles. The number of alkyl halides is 6. The summed E-state index contributed by atoms with van der Waals surface area (Å²) >= 11 is 0. The van der Waals surface area contributed by atoms with E-state index in [9.17, 15) is 31.1 Å². The lowest BCUT2D eigenvalue weighted by atomic mass is 9.83. The fraction of sp³-hybridized carbons (Fsp3) is 0.522. The van der Waals surface area contributed by atoms with Gasteiger partial charge in [0, 0.05) is 24.9 Å². The van der Waals surface area contributed by atoms with E-state index >= 15 is 0 Å². The average molecular weight is 460 g/mol. The van der Waals surface area contributed by atoms with Crippen molar-refractivity contribution in [2.75, 3.05) is 16.8 Å². The van der Waals surface area contributed by atoms with E-state index in [0.29, 0.717) is 18.5 Å². The van der Waals surface area contributed by atoms with E-state index < -0.39 is 29.7 Å². The maximum absolute atomic E-state index is 13.7. The third-order valence-electron chi connectivity index (χ3n) is 5.53. The number of carbonyl (C=O) groups excluding carboxylic acids is 1. The van der Waals surface area contributed by atoms with Crippen LogP contribution in [0, 0.1) is 11.3 Å². The maximum Gasteiger partial charge on any atom is 0.418 e. The van der Waals surface area contributed by atoms with Gasteiger partial charge in [0.15, 0.2) is 0 Å². The van der Waals surface area contributed by atoms with Gasteiger partial charge < -0.3 is 10.2 Å². The predicted molar refractivity (Wildman–Crippen MR) is 111 cm³/mol. The highest BCUT2D eigenvalue weighted by Gasteiger charge is 2.41. The van der Waals surface area contributed by atoms with E-state index in [0.717, 1.165) is 11.6 Å². The summed E-state index contributed by atoms with van der Waals surface area (Å²) in [6, 6.07) is 3.57. The Hall–Kier alpha value is -2.45. The molecular weight excluding hydrogens is 434 g/mol. The summed E-state index contributed by atoms with van der Waals surface area (Å²) in [4.78, 5) is 13.7. The molecule has 0 saturated heterocycles. The van der Waals surface area contributed by atoms with E-state index in [1.807, 2.05) is 20.8 Å². The molecule has 1 N–H and O–H groups in total. The van der Waals surface area contributed by atoms with Crippen LogP contribution in [-0.2, 0) is 11.0 Å². The van der Waals surface area contributed by atoms with Crippen LogP contribution in [0.2, 0.25) is 0 Å². The average Bonchev–Trinajstić information content (AvgIpc) is 2.64. The number of allylic oxidation sites excluding steroid dienone is 2. The molecule has 0 spiro atoms. The molecule has 1 aromatic carbocycles. The molecule has 1 unspecified atom stereocenters. The van der Waals surface area contributed by atoms with Crippen molar-refractivity contribution in [2.45, 2.75) is 58.8 Å². The lowest BCUT2D eigenvalue weighted by Gasteiger charge is -2.34. The van der Waals surface area contributed by atoms with Crippen LogP contribution in [0.4, 0.5) is 37.7 Å². The first kappa shape index (κ1) is 24.2. The third-order valence-corrected chi connectivity index (χ3v) is 5.53. The van der Waals surface area contributed by atoms with Crippen molar-refractivity contribution < 1.29 is 31.1 Å². The van der Waals surface area contributed by atoms with Crippen molar-refractivity contribution in [3.63, 3.8) is 0 Å². The monoisotopic (exact) mass is 460 g/mol. The minimum Gasteiger partial charge on any atom is -0.347 e. The molecule has 3 nitrogen and oxygen atoms in total. The highest BCUT2D eigenvalue weighted by molar-refractivity contribution is 5.92. The zero-order valence-corrected chi connectivity index (χ0v) is 18.1. The molecule has 9 heteroatoms. The summed E-state index contributed by atoms with van der Waals surface area (Å²) in [6.45, 7) is 5.78. The van der Waals surface area contributed by atoms with Crippen LogP contribution in [0.5, 0.6) is 0 Å². The Morgan fingerprint density at radius 1 is 1.09 bits per heavy atom. The zero-order chi connectivity index (χ0) is 23.9. The molecule has 32 heavy (non-hydrogen) atoms. The van der Waals surface area contributed by atoms with Gasteiger partial charge in [0.1, 0.15) is 0 Å². The highest BCUT2D eigenvalue weighted by Crippen LogP contribution is 2.43. The topological polar surface area (TPSA) is 32.3 Å². The molecular formula is C23H26F6N2O. The molecule has 2 aliphatic rings. The van der Waals surface area contributed by atoms with E-state index in [1.165, 1.54) is 18.3 Å². The minimum atomic E-state index is -4.71. The fourth-order valence-electron chi connectivity index (χ4n) is 3.97. The molecule has 3 rings (SSSR count). The van der Waals surface area contributed by atoms with Crippen LogP contribution >= 0.6 is 0 Å². The number of hydrogen-bond acceptors (Lipinski definition) is 2. The summed E-state index contributed by atoms with van der Waals surface area (Å²) in [5, 5.41) is 2.34. The molecule has 1 amide bonds. The molecule has 1 atom stereocenters. The molecule has 0 aromatic heterocycles. The van der Waals surface area contributed by atoms with E-state index in [1.54, 1.807) is 11.0 Å². The van der Waals surface area contributed by atoms with Gasteiger partial charge in [-0.1, -0.05) is 26.8 Å². The van der Waals surface area contributed by atoms with Crippen molar-refractivity contribution in [1.29, 1.82) is 0 Å². The van der Waals surface area contributed by atoms with Crippen molar-refractivity contribution in [2.24, 2.45) is 11.3 Å². The molecule has 176 valence electrons. The molecule has 0 saturated carbocycles. The second-order valence-electron chi connectivity index (χ2n) is 9.52. The lowest BCUT2D eigenvalue weighted by Crippen LogP contribution is -2.30. The first-order valence-corrected chi connectivity index (χ1v) is 10.4. The zero-order valence-electron chi connectivity index (χ0n) is 18.1. The van der Waals surface area contributed by atoms with Gasteiger partial charge in [-0.05, 0) is 54.0 Å². The molecule has 0 fully saturated rings. The van der Waals surface area contributed by atoms with Gasteiger partial charge >= 0.3 is 12.4 Å². The van der Waals surface area contributed by atoms with Gasteiger partial charge in [0.2, 0.25) is 5.91 Å². The summed E-state index contributed by atoms with van der Waals surface area (Å²) in [7, 11) is 0. The predicted octanol–water partition coefficient (Wildman–Crippen LogP) is 7.07. The van der Waals surface area contributed by atoms with Gasteiger partial charge in [0.05, 0.1) is 17.2 Å². The first-order chi connectivity index (χ1) is 14.6. The highest BCUT2D eigenvalue weighted by atomic mass is 19.4. The Morgan fingerprint density at radius 2 is 1.78 bits per heavy atom. The molecule has 0 radical (unpaired) electrons. The molecule has 1 aromatic rings. The summed E-state index contributed by atoms with van der Waals surface area (Å²) in [5.41, 5.74) is -0.178. The quantitative estimate of drug-likeness (QED) is 0.489. The summed E-state index contributed by atoms with van der Waals surface area (Å²) in [5.74, 6) is -2.00. The van der Waals surface area contributed by atoms with Gasteiger partial charge in [0.25, 0.3) is 0 Å². The number of anilines is 2. The fourth-order valence-corrected chi connectivity index (χ4v) is 3.97. The van der Waals surface area contributed by atoms with E-state index in [-0.39, 0.29) is 36.1 Å². The number of fused-ring (bicyclic) bond motifs is 1. The Bertz CT molecular complexity index is 937. The Labute approximate surface area is 183 Å². The number of amides is 1. The molecule has 1 aliphatic heterocycles. The van der Waals surface area contributed by atoms with Gasteiger partial charge in [-0.3, -0.25) is 4.79 Å². The normalized spacial score (nSPS) is 19.8. The van der Waals surface area contributed by atoms with Crippen molar-refractivity contribution in [3.05, 3.63) is 47.2 Å². The van der Waals surface area contributed by atoms with Crippen molar-refractivity contribution in [3.8, 4) is 0 Å². The van der Waals surface area contributed by atoms with Gasteiger partial charge in [-0.15, -0.1) is 0 Å². The van der Waals surface area contributed by atoms with Gasteiger partial charge in [-0.25, -0.2) is 0 Å². The first-order valence-electron chi connectivity index (χ1n) is 10.4. The van der Waals surface area contributed by atoms with Crippen LogP contribution in [0.15, 0.2) is 41.6 Å². The Balaban J connectivity index is 1.88. The van der Waals surface area contributed by atoms with Crippen molar-refractivity contribution >= 4 is 17.3 Å². The Kier molecular flexibility index (Phi) is 6.41. The SMILES string of the molecule is CC(C)(C)CC(=O)Nc1ccc(N2C=C3CC(C(F)(F)F)CC=C3CC2)cc1C(F)(F)F. The number of benzene rings is 1. The van der Waals surface area contributed by atoms with Gasteiger partial charge in [-0.2, -0.15) is 26.3 Å². The third kappa shape index (κ3) is 5.86. The second kappa shape index (κ2) is 8.48. The smallest absolute Gasteiger partial charge is 0.347 e. The second-order valence-corrected chi connectivity index (χ2v) is 9.52. The number of rotatable bonds is 3. The largest absolute Gasteiger partial charge is 0.418 e. The minimum absolute atomic E-state index is 0.0553. The van der Waals surface area contributed by atoms with Crippen LogP contribution < -0.4 is 10.2 Å². The van der Waals surface area contributed by atoms with Crippen LogP contribution in [0.1, 0.15) is 52.0 Å². The number of nitrogens with one attached hydrogen (secondary N) is 1. The lowest BCUT2D eigenvalue weighted by molar-refractivity contribution is -0.173. The number of nitrogens with zero attached hydrogens (tertiary/aromatic N) is 1. The van der Waals surface area contributed by atoms with Crippen LogP contribution in [-0.4, -0.2) is 18.6 Å². The molecule has 0 bridgehead atoms. The van der Waals surface area contributed by atoms with Crippen molar-refractivity contribution in [1.82, 2.24) is 0 Å². The number of halogens is 6. The van der Waals surface area contributed by atoms with Crippen LogP contribution in [0.25, 0.3) is 0 Å². The maximum atomic E-state index is 13.7. The number of hydrogen-bond donors (Lipinski definition) is 1. The summed E-state index contributed by atoms with van der Waals surface area (Å²) in [6.07, 6.45) is -5.67. The molecule has 1 aliphatic carbocycles. The van der Waals surface area contributed by atoms with Crippen LogP contribution in [0.3, 0.4) is 0 Å². The standard InChI is InChI=1S/C23H26F6N2O/c1-21(2,3)12-20(32)30-19-7-6-17(11-18(19)23(27,28)29)31-9-8-14-4-5-16(22(24,25)26)10-15(14)13-31/h4,6-7,11,13,16H,5,8-10,12H2,1-3H3,(H,30,32). The van der Waals surface area contributed by atoms with E-state index in [2.05, 4.69) is 5.32 Å². The Morgan fingerprint density at radius 3 is 2.38 bits per heavy atom. The van der Waals surface area contributed by atoms with E-state index in [4.69, 9.17) is 0 Å².